The highest BCUT2D eigenvalue weighted by Gasteiger charge is 2.36. The third-order valence-electron chi connectivity index (χ3n) is 4.94. The normalized spacial score (nSPS) is 15.7. The van der Waals surface area contributed by atoms with E-state index in [-0.39, 0.29) is 36.2 Å². The molecule has 158 valence electrons. The molecule has 4 rings (SSSR count). The molecule has 1 N–H and O–H groups in total. The lowest BCUT2D eigenvalue weighted by molar-refractivity contribution is -0.122. The lowest BCUT2D eigenvalue weighted by atomic mass is 10.1. The number of para-hydroxylation sites is 3. The molecule has 0 bridgehead atoms. The van der Waals surface area contributed by atoms with Crippen LogP contribution in [0, 0.1) is 11.7 Å². The van der Waals surface area contributed by atoms with E-state index in [0.717, 1.165) is 0 Å². The molecular weight excluding hydrogens is 405 g/mol. The lowest BCUT2D eigenvalue weighted by Crippen LogP contribution is -2.29. The summed E-state index contributed by atoms with van der Waals surface area (Å²) in [7, 11) is 1.24. The van der Waals surface area contributed by atoms with Crippen molar-refractivity contribution in [3.63, 3.8) is 0 Å². The van der Waals surface area contributed by atoms with Gasteiger partial charge in [0.05, 0.1) is 36.3 Å². The predicted molar refractivity (Wildman–Crippen MR) is 108 cm³/mol. The molecule has 1 unspecified atom stereocenters. The second-order valence-corrected chi connectivity index (χ2v) is 6.90. The molecule has 3 aromatic rings. The smallest absolute Gasteiger partial charge is 0.360 e. The van der Waals surface area contributed by atoms with Crippen molar-refractivity contribution in [3.05, 3.63) is 66.2 Å². The van der Waals surface area contributed by atoms with Gasteiger partial charge in [0.25, 0.3) is 0 Å². The number of benzene rings is 2. The van der Waals surface area contributed by atoms with Gasteiger partial charge in [-0.05, 0) is 24.3 Å². The maximum atomic E-state index is 14.1. The van der Waals surface area contributed by atoms with Crippen LogP contribution in [0.25, 0.3) is 5.69 Å². The van der Waals surface area contributed by atoms with Crippen LogP contribution < -0.4 is 10.2 Å². The van der Waals surface area contributed by atoms with Gasteiger partial charge in [-0.3, -0.25) is 9.59 Å². The predicted octanol–water partition coefficient (Wildman–Crippen LogP) is 2.18. The molecule has 1 atom stereocenters. The van der Waals surface area contributed by atoms with Gasteiger partial charge >= 0.3 is 5.97 Å². The van der Waals surface area contributed by atoms with Gasteiger partial charge in [-0.25, -0.2) is 13.9 Å². The van der Waals surface area contributed by atoms with E-state index in [9.17, 15) is 18.8 Å². The Labute approximate surface area is 176 Å². The number of rotatable bonds is 5. The summed E-state index contributed by atoms with van der Waals surface area (Å²) in [6, 6.07) is 12.8. The molecule has 10 heteroatoms. The Morgan fingerprint density at radius 1 is 1.13 bits per heavy atom. The summed E-state index contributed by atoms with van der Waals surface area (Å²) in [6.07, 6.45) is 1.36. The fourth-order valence-corrected chi connectivity index (χ4v) is 3.38. The number of halogens is 1. The summed E-state index contributed by atoms with van der Waals surface area (Å²) in [5.41, 5.74) is 1.08. The first-order chi connectivity index (χ1) is 15.0. The number of hydrogen-bond donors (Lipinski definition) is 1. The second kappa shape index (κ2) is 8.34. The highest BCUT2D eigenvalue weighted by molar-refractivity contribution is 6.04. The monoisotopic (exact) mass is 423 g/mol. The van der Waals surface area contributed by atoms with Gasteiger partial charge in [-0.1, -0.05) is 29.5 Å². The third-order valence-corrected chi connectivity index (χ3v) is 4.94. The first-order valence-electron chi connectivity index (χ1n) is 9.43. The first-order valence-corrected chi connectivity index (χ1v) is 9.43. The summed E-state index contributed by atoms with van der Waals surface area (Å²) < 4.78 is 20.0. The molecule has 1 saturated heterocycles. The Morgan fingerprint density at radius 2 is 1.84 bits per heavy atom. The van der Waals surface area contributed by atoms with E-state index in [1.54, 1.807) is 30.3 Å². The molecule has 2 heterocycles. The van der Waals surface area contributed by atoms with Crippen LogP contribution in [0.5, 0.6) is 0 Å². The Kier molecular flexibility index (Phi) is 5.44. The van der Waals surface area contributed by atoms with Crippen molar-refractivity contribution >= 4 is 29.2 Å². The zero-order valence-electron chi connectivity index (χ0n) is 16.5. The summed E-state index contributed by atoms with van der Waals surface area (Å²) in [4.78, 5) is 38.2. The summed E-state index contributed by atoms with van der Waals surface area (Å²) in [6.45, 7) is 0.0730. The van der Waals surface area contributed by atoms with E-state index in [1.807, 2.05) is 0 Å². The van der Waals surface area contributed by atoms with Crippen molar-refractivity contribution < 1.29 is 23.5 Å². The molecule has 9 nitrogen and oxygen atoms in total. The summed E-state index contributed by atoms with van der Waals surface area (Å²) in [5, 5.41) is 10.5. The SMILES string of the molecule is COC(=O)c1cn(-c2ccccc2NC(=O)C2CC(=O)N(c3ccccc3F)C2)nn1. The van der Waals surface area contributed by atoms with Crippen LogP contribution in [0.15, 0.2) is 54.7 Å². The average Bonchev–Trinajstić information content (AvgIpc) is 3.41. The van der Waals surface area contributed by atoms with Crippen LogP contribution >= 0.6 is 0 Å². The molecule has 1 fully saturated rings. The number of nitrogens with zero attached hydrogens (tertiary/aromatic N) is 4. The fourth-order valence-electron chi connectivity index (χ4n) is 3.38. The second-order valence-electron chi connectivity index (χ2n) is 6.90. The van der Waals surface area contributed by atoms with Crippen molar-refractivity contribution in [1.82, 2.24) is 15.0 Å². The largest absolute Gasteiger partial charge is 0.464 e. The van der Waals surface area contributed by atoms with Gasteiger partial charge < -0.3 is 15.0 Å². The number of amides is 2. The number of carbonyl (C=O) groups is 3. The Hall–Kier alpha value is -4.08. The number of nitrogens with one attached hydrogen (secondary N) is 1. The number of carbonyl (C=O) groups excluding carboxylic acids is 3. The minimum Gasteiger partial charge on any atom is -0.464 e. The molecule has 31 heavy (non-hydrogen) atoms. The molecule has 1 aliphatic heterocycles. The van der Waals surface area contributed by atoms with Gasteiger partial charge in [0.2, 0.25) is 11.8 Å². The van der Waals surface area contributed by atoms with Crippen LogP contribution in [0.1, 0.15) is 16.9 Å². The van der Waals surface area contributed by atoms with Crippen molar-refractivity contribution in [2.75, 3.05) is 23.9 Å². The molecule has 1 aromatic heterocycles. The minimum absolute atomic E-state index is 0.0190. The quantitative estimate of drug-likeness (QED) is 0.631. The van der Waals surface area contributed by atoms with Crippen molar-refractivity contribution in [2.24, 2.45) is 5.92 Å². The first kappa shape index (κ1) is 20.2. The highest BCUT2D eigenvalue weighted by atomic mass is 19.1. The number of ether oxygens (including phenoxy) is 1. The van der Waals surface area contributed by atoms with E-state index in [4.69, 9.17) is 0 Å². The van der Waals surface area contributed by atoms with Crippen LogP contribution in [0.3, 0.4) is 0 Å². The highest BCUT2D eigenvalue weighted by Crippen LogP contribution is 2.28. The summed E-state index contributed by atoms with van der Waals surface area (Å²) >= 11 is 0. The number of aromatic nitrogens is 3. The topological polar surface area (TPSA) is 106 Å². The van der Waals surface area contributed by atoms with Gasteiger partial charge in [0.15, 0.2) is 5.69 Å². The number of methoxy groups -OCH3 is 1. The summed E-state index contributed by atoms with van der Waals surface area (Å²) in [5.74, 6) is -2.51. The van der Waals surface area contributed by atoms with Gasteiger partial charge in [-0.15, -0.1) is 5.10 Å². The van der Waals surface area contributed by atoms with Crippen LogP contribution in [-0.4, -0.2) is 46.4 Å². The molecule has 0 spiro atoms. The van der Waals surface area contributed by atoms with Gasteiger partial charge in [0, 0.05) is 13.0 Å². The van der Waals surface area contributed by atoms with Crippen LogP contribution in [0.4, 0.5) is 15.8 Å². The average molecular weight is 423 g/mol. The van der Waals surface area contributed by atoms with E-state index in [1.165, 1.54) is 41.1 Å². The molecule has 1 aliphatic rings. The molecular formula is C21H18FN5O4. The van der Waals surface area contributed by atoms with E-state index in [0.29, 0.717) is 11.4 Å². The Bertz CT molecular complexity index is 1160. The minimum atomic E-state index is -0.651. The Balaban J connectivity index is 1.52. The number of esters is 1. The van der Waals surface area contributed by atoms with Crippen LogP contribution in [-0.2, 0) is 14.3 Å². The van der Waals surface area contributed by atoms with Crippen molar-refractivity contribution in [2.45, 2.75) is 6.42 Å². The Morgan fingerprint density at radius 3 is 2.58 bits per heavy atom. The molecule has 2 amide bonds. The van der Waals surface area contributed by atoms with E-state index >= 15 is 0 Å². The molecule has 0 radical (unpaired) electrons. The number of hydrogen-bond acceptors (Lipinski definition) is 6. The van der Waals surface area contributed by atoms with Crippen LogP contribution in [0.2, 0.25) is 0 Å². The fraction of sp³-hybridized carbons (Fsp3) is 0.190. The third kappa shape index (κ3) is 4.00. The van der Waals surface area contributed by atoms with Gasteiger partial charge in [0.1, 0.15) is 5.82 Å². The number of anilines is 2. The maximum Gasteiger partial charge on any atom is 0.360 e. The van der Waals surface area contributed by atoms with Gasteiger partial charge in [-0.2, -0.15) is 0 Å². The molecule has 0 saturated carbocycles. The maximum absolute atomic E-state index is 14.1. The van der Waals surface area contributed by atoms with Crippen molar-refractivity contribution in [3.8, 4) is 5.69 Å². The standard InChI is InChI=1S/C21H18FN5O4/c1-31-21(30)16-12-27(25-24-16)18-9-5-3-7-15(18)23-20(29)13-10-19(28)26(11-13)17-8-4-2-6-14(17)22/h2-9,12-13H,10-11H2,1H3,(H,23,29). The lowest BCUT2D eigenvalue weighted by Gasteiger charge is -2.17. The zero-order chi connectivity index (χ0) is 22.0. The van der Waals surface area contributed by atoms with E-state index in [2.05, 4.69) is 20.4 Å². The zero-order valence-corrected chi connectivity index (χ0v) is 16.5. The van der Waals surface area contributed by atoms with Crippen molar-refractivity contribution in [1.29, 1.82) is 0 Å². The molecule has 0 aliphatic carbocycles. The molecule has 2 aromatic carbocycles. The van der Waals surface area contributed by atoms with E-state index < -0.39 is 17.7 Å².